The summed E-state index contributed by atoms with van der Waals surface area (Å²) < 4.78 is 16.8. The van der Waals surface area contributed by atoms with Gasteiger partial charge in [0.25, 0.3) is 0 Å². The molecule has 0 aliphatic carbocycles. The lowest BCUT2D eigenvalue weighted by Crippen LogP contribution is -2.55. The molecule has 5 rings (SSSR count). The Hall–Kier alpha value is -3.51. The summed E-state index contributed by atoms with van der Waals surface area (Å²) in [5, 5.41) is 114. The molecule has 1 aromatic heterocycles. The standard InChI is InChI=1S/C26H28O15/c27-5-13-18(33)21(36)23(38)26(41-13)16-20(35)15(25-22(37)17(32)11(31)6-39-25)19(34)14-10(30)4-12(40-24(14)16)7-1-2-8(28)9(29)3-7/h1-4,11,13,17-18,21-23,25-29,31-38H,5-6H2/t11-,13+,17-,18+,21-,22+,23+,25+,26+/m1/s1. The molecule has 3 heterocycles. The van der Waals surface area contributed by atoms with Crippen molar-refractivity contribution < 1.29 is 70.1 Å². The van der Waals surface area contributed by atoms with Crippen LogP contribution < -0.4 is 5.43 Å². The van der Waals surface area contributed by atoms with Crippen LogP contribution in [0.25, 0.3) is 22.3 Å². The zero-order valence-corrected chi connectivity index (χ0v) is 21.0. The van der Waals surface area contributed by atoms with E-state index < -0.39 is 119 Å². The zero-order chi connectivity index (χ0) is 29.9. The summed E-state index contributed by atoms with van der Waals surface area (Å²) in [6.45, 7) is -1.39. The van der Waals surface area contributed by atoms with Crippen LogP contribution in [0.5, 0.6) is 23.0 Å². The second-order valence-corrected chi connectivity index (χ2v) is 9.96. The van der Waals surface area contributed by atoms with Gasteiger partial charge < -0.3 is 70.1 Å². The normalized spacial score (nSPS) is 32.3. The first-order chi connectivity index (χ1) is 19.4. The Balaban J connectivity index is 1.82. The molecule has 0 spiro atoms. The molecule has 2 fully saturated rings. The van der Waals surface area contributed by atoms with Crippen molar-refractivity contribution in [2.45, 2.75) is 54.9 Å². The number of benzene rings is 2. The molecule has 11 N–H and O–H groups in total. The molecule has 0 amide bonds. The number of aliphatic hydroxyl groups excluding tert-OH is 7. The number of aromatic hydroxyl groups is 4. The van der Waals surface area contributed by atoms with Gasteiger partial charge in [0.1, 0.15) is 77.6 Å². The summed E-state index contributed by atoms with van der Waals surface area (Å²) in [4.78, 5) is 13.4. The summed E-state index contributed by atoms with van der Waals surface area (Å²) in [5.74, 6) is -3.21. The average Bonchev–Trinajstić information content (AvgIpc) is 2.93. The molecule has 2 aromatic carbocycles. The summed E-state index contributed by atoms with van der Waals surface area (Å²) in [6, 6.07) is 4.34. The molecule has 15 nitrogen and oxygen atoms in total. The third-order valence-corrected chi connectivity index (χ3v) is 7.42. The summed E-state index contributed by atoms with van der Waals surface area (Å²) in [5.41, 5.74) is -2.68. The van der Waals surface area contributed by atoms with Crippen molar-refractivity contribution in [1.82, 2.24) is 0 Å². The van der Waals surface area contributed by atoms with Crippen molar-refractivity contribution in [3.8, 4) is 34.3 Å². The molecule has 0 bridgehead atoms. The van der Waals surface area contributed by atoms with E-state index in [0.717, 1.165) is 18.2 Å². The van der Waals surface area contributed by atoms with Crippen molar-refractivity contribution in [3.05, 3.63) is 45.6 Å². The minimum absolute atomic E-state index is 0.0604. The quantitative estimate of drug-likeness (QED) is 0.148. The lowest BCUT2D eigenvalue weighted by molar-refractivity contribution is -0.231. The van der Waals surface area contributed by atoms with E-state index in [1.54, 1.807) is 0 Å². The van der Waals surface area contributed by atoms with Gasteiger partial charge in [-0.25, -0.2) is 0 Å². The predicted octanol–water partition coefficient (Wildman–Crippen LogP) is -2.05. The molecule has 2 saturated heterocycles. The van der Waals surface area contributed by atoms with Crippen LogP contribution >= 0.6 is 0 Å². The maximum atomic E-state index is 13.4. The Kier molecular flexibility index (Phi) is 7.58. The molecule has 0 radical (unpaired) electrons. The van der Waals surface area contributed by atoms with Crippen molar-refractivity contribution in [3.63, 3.8) is 0 Å². The Labute approximate surface area is 229 Å². The lowest BCUT2D eigenvalue weighted by Gasteiger charge is -2.41. The number of rotatable bonds is 4. The maximum Gasteiger partial charge on any atom is 0.197 e. The van der Waals surface area contributed by atoms with Crippen LogP contribution in [-0.2, 0) is 9.47 Å². The zero-order valence-electron chi connectivity index (χ0n) is 21.0. The van der Waals surface area contributed by atoms with Crippen LogP contribution in [0.4, 0.5) is 0 Å². The van der Waals surface area contributed by atoms with Crippen LogP contribution in [-0.4, -0.2) is 112 Å². The highest BCUT2D eigenvalue weighted by atomic mass is 16.5. The largest absolute Gasteiger partial charge is 0.507 e. The van der Waals surface area contributed by atoms with Gasteiger partial charge in [0.15, 0.2) is 22.5 Å². The monoisotopic (exact) mass is 580 g/mol. The van der Waals surface area contributed by atoms with E-state index in [-0.39, 0.29) is 11.3 Å². The van der Waals surface area contributed by atoms with Gasteiger partial charge in [-0.15, -0.1) is 0 Å². The Bertz CT molecular complexity index is 1520. The van der Waals surface area contributed by atoms with Gasteiger partial charge in [-0.2, -0.15) is 0 Å². The van der Waals surface area contributed by atoms with E-state index in [2.05, 4.69) is 0 Å². The molecule has 0 unspecified atom stereocenters. The summed E-state index contributed by atoms with van der Waals surface area (Å²) in [6.07, 6.45) is -16.0. The fraction of sp³-hybridized carbons (Fsp3) is 0.423. The van der Waals surface area contributed by atoms with Crippen molar-refractivity contribution in [2.75, 3.05) is 13.2 Å². The third kappa shape index (κ3) is 4.66. The fourth-order valence-corrected chi connectivity index (χ4v) is 5.16. The number of fused-ring (bicyclic) bond motifs is 1. The minimum atomic E-state index is -2.00. The van der Waals surface area contributed by atoms with Crippen LogP contribution in [0.15, 0.2) is 33.5 Å². The van der Waals surface area contributed by atoms with Crippen LogP contribution in [0.3, 0.4) is 0 Å². The fourth-order valence-electron chi connectivity index (χ4n) is 5.16. The number of phenols is 4. The number of hydrogen-bond donors (Lipinski definition) is 11. The molecular formula is C26H28O15. The van der Waals surface area contributed by atoms with Crippen molar-refractivity contribution >= 4 is 11.0 Å². The topological polar surface area (TPSA) is 271 Å². The Morgan fingerprint density at radius 3 is 2.10 bits per heavy atom. The number of hydrogen-bond acceptors (Lipinski definition) is 15. The molecule has 0 saturated carbocycles. The van der Waals surface area contributed by atoms with Gasteiger partial charge in [0, 0.05) is 11.6 Å². The minimum Gasteiger partial charge on any atom is -0.507 e. The highest BCUT2D eigenvalue weighted by Crippen LogP contribution is 2.50. The summed E-state index contributed by atoms with van der Waals surface area (Å²) >= 11 is 0. The second kappa shape index (κ2) is 10.7. The maximum absolute atomic E-state index is 13.4. The highest BCUT2D eigenvalue weighted by molar-refractivity contribution is 5.92. The van der Waals surface area contributed by atoms with Gasteiger partial charge in [-0.05, 0) is 18.2 Å². The van der Waals surface area contributed by atoms with Crippen LogP contribution in [0.2, 0.25) is 0 Å². The number of ether oxygens (including phenoxy) is 2. The van der Waals surface area contributed by atoms with Gasteiger partial charge in [0.05, 0.1) is 24.3 Å². The van der Waals surface area contributed by atoms with E-state index in [9.17, 15) is 61.0 Å². The first kappa shape index (κ1) is 29.0. The van der Waals surface area contributed by atoms with E-state index in [1.807, 2.05) is 0 Å². The van der Waals surface area contributed by atoms with Gasteiger partial charge in [-0.3, -0.25) is 4.79 Å². The molecule has 41 heavy (non-hydrogen) atoms. The molecule has 15 heteroatoms. The van der Waals surface area contributed by atoms with Crippen LogP contribution in [0.1, 0.15) is 23.3 Å². The molecule has 3 aromatic rings. The van der Waals surface area contributed by atoms with E-state index >= 15 is 0 Å². The first-order valence-corrected chi connectivity index (χ1v) is 12.4. The molecule has 222 valence electrons. The third-order valence-electron chi connectivity index (χ3n) is 7.42. The highest BCUT2D eigenvalue weighted by Gasteiger charge is 2.48. The second-order valence-electron chi connectivity index (χ2n) is 9.96. The van der Waals surface area contributed by atoms with Gasteiger partial charge in [-0.1, -0.05) is 0 Å². The lowest BCUT2D eigenvalue weighted by atomic mass is 9.85. The van der Waals surface area contributed by atoms with Crippen LogP contribution in [0, 0.1) is 0 Å². The SMILES string of the molecule is O=c1cc(-c2ccc(O)c(O)c2)oc2c([C@@H]3O[C@@H](CO)[C@H](O)[C@@H](O)[C@@H]3O)c(O)c([C@@H]3OC[C@@H](O)[C@@H](O)[C@@H]3O)c(O)c12. The predicted molar refractivity (Wildman–Crippen MR) is 134 cm³/mol. The molecular weight excluding hydrogens is 552 g/mol. The summed E-state index contributed by atoms with van der Waals surface area (Å²) in [7, 11) is 0. The van der Waals surface area contributed by atoms with E-state index in [0.29, 0.717) is 0 Å². The number of phenolic OH excluding ortho intramolecular Hbond substituents is 4. The average molecular weight is 580 g/mol. The molecule has 9 atom stereocenters. The van der Waals surface area contributed by atoms with E-state index in [4.69, 9.17) is 13.9 Å². The Morgan fingerprint density at radius 2 is 1.44 bits per heavy atom. The number of aliphatic hydroxyl groups is 7. The van der Waals surface area contributed by atoms with Gasteiger partial charge in [0.2, 0.25) is 0 Å². The molecule has 2 aliphatic heterocycles. The smallest absolute Gasteiger partial charge is 0.197 e. The van der Waals surface area contributed by atoms with Crippen molar-refractivity contribution in [2.24, 2.45) is 0 Å². The molecule has 2 aliphatic rings. The van der Waals surface area contributed by atoms with E-state index in [1.165, 1.54) is 6.07 Å². The Morgan fingerprint density at radius 1 is 0.756 bits per heavy atom. The first-order valence-electron chi connectivity index (χ1n) is 12.4. The van der Waals surface area contributed by atoms with Crippen molar-refractivity contribution in [1.29, 1.82) is 0 Å². The van der Waals surface area contributed by atoms with Gasteiger partial charge >= 0.3 is 0 Å².